The van der Waals surface area contributed by atoms with Gasteiger partial charge in [0.2, 0.25) is 0 Å². The smallest absolute Gasteiger partial charge is 0.275 e. The van der Waals surface area contributed by atoms with Gasteiger partial charge < -0.3 is 15.4 Å². The largest absolute Gasteiger partial charge is 0.385 e. The second-order valence-corrected chi connectivity index (χ2v) is 6.88. The molecule has 0 atom stereocenters. The summed E-state index contributed by atoms with van der Waals surface area (Å²) < 4.78 is 5.04. The molecule has 2 aromatic heterocycles. The van der Waals surface area contributed by atoms with Crippen LogP contribution in [-0.2, 0) is 11.2 Å². The molecule has 3 rings (SSSR count). The van der Waals surface area contributed by atoms with E-state index in [1.54, 1.807) is 37.8 Å². The number of ether oxygens (including phenoxy) is 1. The predicted molar refractivity (Wildman–Crippen MR) is 117 cm³/mol. The van der Waals surface area contributed by atoms with E-state index in [0.29, 0.717) is 11.4 Å². The van der Waals surface area contributed by atoms with Crippen LogP contribution in [0.5, 0.6) is 0 Å². The summed E-state index contributed by atoms with van der Waals surface area (Å²) in [5.74, 6) is -0.313. The minimum Gasteiger partial charge on any atom is -0.385 e. The first-order chi connectivity index (χ1) is 14.8. The first-order valence-corrected chi connectivity index (χ1v) is 10.1. The van der Waals surface area contributed by atoms with Crippen molar-refractivity contribution in [2.75, 3.05) is 32.1 Å². The number of nitrogens with zero attached hydrogens (tertiary/aromatic N) is 3. The molecule has 2 heterocycles. The van der Waals surface area contributed by atoms with E-state index in [0.717, 1.165) is 44.5 Å². The molecule has 0 aliphatic rings. The average Bonchev–Trinajstić information content (AvgIpc) is 2.80. The van der Waals surface area contributed by atoms with Crippen LogP contribution in [0.15, 0.2) is 61.2 Å². The lowest BCUT2D eigenvalue weighted by Crippen LogP contribution is -2.18. The summed E-state index contributed by atoms with van der Waals surface area (Å²) in [5.41, 5.74) is 3.75. The maximum Gasteiger partial charge on any atom is 0.275 e. The highest BCUT2D eigenvalue weighted by atomic mass is 16.5. The molecule has 0 bridgehead atoms. The summed E-state index contributed by atoms with van der Waals surface area (Å²) in [6, 6.07) is 11.8. The van der Waals surface area contributed by atoms with Crippen LogP contribution in [0.1, 0.15) is 28.9 Å². The molecule has 0 unspecified atom stereocenters. The number of carbonyl (C=O) groups is 1. The van der Waals surface area contributed by atoms with E-state index >= 15 is 0 Å². The van der Waals surface area contributed by atoms with Gasteiger partial charge in [0.1, 0.15) is 5.69 Å². The van der Waals surface area contributed by atoms with Crippen molar-refractivity contribution in [3.63, 3.8) is 0 Å². The lowest BCUT2D eigenvalue weighted by atomic mass is 10.1. The third-order valence-corrected chi connectivity index (χ3v) is 4.56. The number of methoxy groups -OCH3 is 1. The minimum absolute atomic E-state index is 0.264. The molecule has 0 saturated heterocycles. The van der Waals surface area contributed by atoms with E-state index in [1.165, 1.54) is 11.8 Å². The molecule has 0 aliphatic carbocycles. The van der Waals surface area contributed by atoms with E-state index < -0.39 is 0 Å². The summed E-state index contributed by atoms with van der Waals surface area (Å²) in [6.07, 6.45) is 9.49. The highest BCUT2D eigenvalue weighted by molar-refractivity contribution is 6.02. The number of hydrogen-bond donors (Lipinski definition) is 2. The molecule has 30 heavy (non-hydrogen) atoms. The van der Waals surface area contributed by atoms with Crippen molar-refractivity contribution in [2.24, 2.45) is 0 Å². The van der Waals surface area contributed by atoms with Gasteiger partial charge in [0, 0.05) is 25.5 Å². The molecular formula is C23H27N5O2. The van der Waals surface area contributed by atoms with Gasteiger partial charge >= 0.3 is 0 Å². The lowest BCUT2D eigenvalue weighted by Gasteiger charge is -2.07. The third-order valence-electron chi connectivity index (χ3n) is 4.56. The summed E-state index contributed by atoms with van der Waals surface area (Å²) in [4.78, 5) is 25.1. The molecule has 1 amide bonds. The number of aromatic nitrogens is 3. The molecule has 0 saturated carbocycles. The number of rotatable bonds is 11. The van der Waals surface area contributed by atoms with Gasteiger partial charge in [0.15, 0.2) is 0 Å². The number of nitrogens with one attached hydrogen (secondary N) is 2. The second-order valence-electron chi connectivity index (χ2n) is 6.88. The van der Waals surface area contributed by atoms with E-state index in [-0.39, 0.29) is 11.6 Å². The summed E-state index contributed by atoms with van der Waals surface area (Å²) >= 11 is 0. The standard InChI is InChI=1S/C23H27N5O2/c1-30-14-4-13-24-11-2-5-18-7-9-19(10-8-18)21-16-26-17-22(28-21)23(29)27-20-6-3-12-25-15-20/h3,6-10,12,15-17,24H,2,4-5,11,13-14H2,1H3,(H,27,29). The number of benzene rings is 1. The van der Waals surface area contributed by atoms with Crippen molar-refractivity contribution in [1.29, 1.82) is 0 Å². The quantitative estimate of drug-likeness (QED) is 0.476. The SMILES string of the molecule is COCCCNCCCc1ccc(-c2cncc(C(=O)Nc3cccnc3)n2)cc1. The van der Waals surface area contributed by atoms with Crippen LogP contribution < -0.4 is 10.6 Å². The number of pyridine rings is 1. The van der Waals surface area contributed by atoms with Crippen molar-refractivity contribution in [2.45, 2.75) is 19.3 Å². The Bertz CT molecular complexity index is 916. The van der Waals surface area contributed by atoms with Crippen molar-refractivity contribution in [3.05, 3.63) is 72.4 Å². The van der Waals surface area contributed by atoms with E-state index in [9.17, 15) is 4.79 Å². The number of aryl methyl sites for hydroxylation is 1. The lowest BCUT2D eigenvalue weighted by molar-refractivity contribution is 0.102. The Labute approximate surface area is 176 Å². The number of carbonyl (C=O) groups excluding carboxylic acids is 1. The highest BCUT2D eigenvalue weighted by Gasteiger charge is 2.10. The van der Waals surface area contributed by atoms with E-state index in [2.05, 4.69) is 37.7 Å². The van der Waals surface area contributed by atoms with Crippen LogP contribution in [0.4, 0.5) is 5.69 Å². The molecule has 156 valence electrons. The Morgan fingerprint density at radius 2 is 1.83 bits per heavy atom. The van der Waals surface area contributed by atoms with Gasteiger partial charge in [0.05, 0.1) is 30.0 Å². The molecule has 3 aromatic rings. The summed E-state index contributed by atoms with van der Waals surface area (Å²) in [6.45, 7) is 2.77. The Hall–Kier alpha value is -3.16. The fraction of sp³-hybridized carbons (Fsp3) is 0.304. The average molecular weight is 406 g/mol. The molecule has 0 fully saturated rings. The normalized spacial score (nSPS) is 10.7. The predicted octanol–water partition coefficient (Wildman–Crippen LogP) is 3.35. The van der Waals surface area contributed by atoms with Crippen LogP contribution in [0.3, 0.4) is 0 Å². The molecular weight excluding hydrogens is 378 g/mol. The zero-order valence-electron chi connectivity index (χ0n) is 17.2. The third kappa shape index (κ3) is 6.72. The van der Waals surface area contributed by atoms with Gasteiger partial charge in [-0.25, -0.2) is 4.98 Å². The van der Waals surface area contributed by atoms with Crippen molar-refractivity contribution < 1.29 is 9.53 Å². The summed E-state index contributed by atoms with van der Waals surface area (Å²) in [7, 11) is 1.72. The second kappa shape index (κ2) is 11.7. The Morgan fingerprint density at radius 1 is 1.00 bits per heavy atom. The van der Waals surface area contributed by atoms with E-state index in [1.807, 2.05) is 12.1 Å². The molecule has 1 aromatic carbocycles. The van der Waals surface area contributed by atoms with Crippen molar-refractivity contribution in [3.8, 4) is 11.3 Å². The van der Waals surface area contributed by atoms with E-state index in [4.69, 9.17) is 4.74 Å². The van der Waals surface area contributed by atoms with Gasteiger partial charge in [-0.1, -0.05) is 24.3 Å². The van der Waals surface area contributed by atoms with Crippen LogP contribution in [0, 0.1) is 0 Å². The first kappa shape index (κ1) is 21.5. The Balaban J connectivity index is 1.53. The fourth-order valence-electron chi connectivity index (χ4n) is 2.97. The van der Waals surface area contributed by atoms with Crippen molar-refractivity contribution in [1.82, 2.24) is 20.3 Å². The summed E-state index contributed by atoms with van der Waals surface area (Å²) in [5, 5.41) is 6.20. The van der Waals surface area contributed by atoms with Crippen LogP contribution >= 0.6 is 0 Å². The van der Waals surface area contributed by atoms with Crippen LogP contribution in [-0.4, -0.2) is 47.7 Å². The number of amides is 1. The maximum absolute atomic E-state index is 12.4. The van der Waals surface area contributed by atoms with Gasteiger partial charge in [-0.2, -0.15) is 0 Å². The van der Waals surface area contributed by atoms with Gasteiger partial charge in [-0.3, -0.25) is 14.8 Å². The molecule has 0 radical (unpaired) electrons. The molecule has 7 heteroatoms. The molecule has 0 spiro atoms. The van der Waals surface area contributed by atoms with Gasteiger partial charge in [-0.05, 0) is 50.0 Å². The highest BCUT2D eigenvalue weighted by Crippen LogP contribution is 2.18. The maximum atomic E-state index is 12.4. The number of anilines is 1. The molecule has 0 aliphatic heterocycles. The van der Waals surface area contributed by atoms with Gasteiger partial charge in [0.25, 0.3) is 5.91 Å². The van der Waals surface area contributed by atoms with Crippen molar-refractivity contribution >= 4 is 11.6 Å². The first-order valence-electron chi connectivity index (χ1n) is 10.1. The van der Waals surface area contributed by atoms with Crippen LogP contribution in [0.2, 0.25) is 0 Å². The zero-order chi connectivity index (χ0) is 21.0. The minimum atomic E-state index is -0.313. The molecule has 2 N–H and O–H groups in total. The topological polar surface area (TPSA) is 89.0 Å². The van der Waals surface area contributed by atoms with Gasteiger partial charge in [-0.15, -0.1) is 0 Å². The zero-order valence-corrected chi connectivity index (χ0v) is 17.2. The molecule has 7 nitrogen and oxygen atoms in total. The monoisotopic (exact) mass is 405 g/mol. The fourth-order valence-corrected chi connectivity index (χ4v) is 2.97. The number of hydrogen-bond acceptors (Lipinski definition) is 6. The Kier molecular flexibility index (Phi) is 8.44. The Morgan fingerprint density at radius 3 is 2.60 bits per heavy atom. The van der Waals surface area contributed by atoms with Crippen LogP contribution in [0.25, 0.3) is 11.3 Å².